The number of H-pyrrole nitrogens is 1. The summed E-state index contributed by atoms with van der Waals surface area (Å²) >= 11 is 0. The molecule has 0 bridgehead atoms. The van der Waals surface area contributed by atoms with Gasteiger partial charge in [-0.3, -0.25) is 0 Å². The number of nitrogens with zero attached hydrogens (tertiary/aromatic N) is 5. The first-order valence-electron chi connectivity index (χ1n) is 6.36. The fourth-order valence-electron chi connectivity index (χ4n) is 1.71. The molecule has 0 spiro atoms. The Morgan fingerprint density at radius 3 is 1.76 bits per heavy atom. The van der Waals surface area contributed by atoms with E-state index in [4.69, 9.17) is 0 Å². The van der Waals surface area contributed by atoms with Gasteiger partial charge in [0, 0.05) is 24.8 Å². The topological polar surface area (TPSA) is 80.2 Å². The van der Waals surface area contributed by atoms with E-state index in [9.17, 15) is 0 Å². The molecule has 6 nitrogen and oxygen atoms in total. The standard InChI is InChI=1S/C8H6N4.C7H6N2/c1-3-9-7(10-4-1)8-11-5-2-6-12-8;1-2-4-7-6(3-1)8-5-9-7/h1-6H;1-5H,(H,8,9). The molecule has 0 fully saturated rings. The van der Waals surface area contributed by atoms with Gasteiger partial charge in [0.15, 0.2) is 11.6 Å². The van der Waals surface area contributed by atoms with Crippen molar-refractivity contribution in [2.45, 2.75) is 0 Å². The number of hydrogen-bond donors (Lipinski definition) is 1. The summed E-state index contributed by atoms with van der Waals surface area (Å²) in [6.07, 6.45) is 8.36. The number of rotatable bonds is 1. The van der Waals surface area contributed by atoms with Crippen LogP contribution in [-0.2, 0) is 0 Å². The molecule has 0 radical (unpaired) electrons. The molecule has 3 aromatic heterocycles. The van der Waals surface area contributed by atoms with E-state index in [2.05, 4.69) is 29.9 Å². The smallest absolute Gasteiger partial charge is 0.197 e. The molecule has 0 saturated carbocycles. The molecule has 0 atom stereocenters. The Morgan fingerprint density at radius 2 is 1.19 bits per heavy atom. The highest BCUT2D eigenvalue weighted by Gasteiger charge is 1.99. The van der Waals surface area contributed by atoms with E-state index in [-0.39, 0.29) is 0 Å². The summed E-state index contributed by atoms with van der Waals surface area (Å²) in [5.74, 6) is 1.11. The largest absolute Gasteiger partial charge is 0.345 e. The number of imidazole rings is 1. The van der Waals surface area contributed by atoms with E-state index in [1.807, 2.05) is 24.3 Å². The van der Waals surface area contributed by atoms with Crippen molar-refractivity contribution in [3.63, 3.8) is 0 Å². The van der Waals surface area contributed by atoms with Gasteiger partial charge in [-0.05, 0) is 24.3 Å². The molecule has 0 saturated heterocycles. The van der Waals surface area contributed by atoms with Gasteiger partial charge in [0.05, 0.1) is 17.4 Å². The maximum absolute atomic E-state index is 4.06. The van der Waals surface area contributed by atoms with E-state index in [1.54, 1.807) is 43.2 Å². The number of para-hydroxylation sites is 2. The van der Waals surface area contributed by atoms with Gasteiger partial charge in [0.2, 0.25) is 0 Å². The van der Waals surface area contributed by atoms with Gasteiger partial charge in [0.1, 0.15) is 0 Å². The van der Waals surface area contributed by atoms with Crippen LogP contribution < -0.4 is 0 Å². The first-order valence-corrected chi connectivity index (χ1v) is 6.36. The number of hydrogen-bond acceptors (Lipinski definition) is 5. The fourth-order valence-corrected chi connectivity index (χ4v) is 1.71. The molecule has 4 rings (SSSR count). The Labute approximate surface area is 121 Å². The highest BCUT2D eigenvalue weighted by atomic mass is 15.0. The predicted molar refractivity (Wildman–Crippen MR) is 79.2 cm³/mol. The molecule has 0 aliphatic rings. The van der Waals surface area contributed by atoms with Crippen molar-refractivity contribution >= 4 is 11.0 Å². The summed E-state index contributed by atoms with van der Waals surface area (Å²) in [4.78, 5) is 23.1. The van der Waals surface area contributed by atoms with Crippen molar-refractivity contribution in [2.75, 3.05) is 0 Å². The molecule has 0 aliphatic carbocycles. The molecule has 0 amide bonds. The van der Waals surface area contributed by atoms with Crippen molar-refractivity contribution in [3.8, 4) is 11.6 Å². The van der Waals surface area contributed by atoms with E-state index in [0.717, 1.165) is 11.0 Å². The minimum absolute atomic E-state index is 0.554. The van der Waals surface area contributed by atoms with Crippen LogP contribution in [0.5, 0.6) is 0 Å². The van der Waals surface area contributed by atoms with Gasteiger partial charge in [-0.25, -0.2) is 24.9 Å². The summed E-state index contributed by atoms with van der Waals surface area (Å²) in [6.45, 7) is 0. The minimum atomic E-state index is 0.554. The summed E-state index contributed by atoms with van der Waals surface area (Å²) in [7, 11) is 0. The fraction of sp³-hybridized carbons (Fsp3) is 0. The van der Waals surface area contributed by atoms with Gasteiger partial charge < -0.3 is 4.98 Å². The Kier molecular flexibility index (Phi) is 3.88. The van der Waals surface area contributed by atoms with Gasteiger partial charge in [-0.15, -0.1) is 0 Å². The summed E-state index contributed by atoms with van der Waals surface area (Å²) in [5, 5.41) is 0. The maximum atomic E-state index is 4.06. The monoisotopic (exact) mass is 276 g/mol. The first kappa shape index (κ1) is 12.9. The Bertz CT molecular complexity index is 730. The third-order valence-electron chi connectivity index (χ3n) is 2.66. The quantitative estimate of drug-likeness (QED) is 0.577. The van der Waals surface area contributed by atoms with Crippen LogP contribution in [0.15, 0.2) is 67.5 Å². The first-order chi connectivity index (χ1) is 10.4. The van der Waals surface area contributed by atoms with Crippen LogP contribution >= 0.6 is 0 Å². The van der Waals surface area contributed by atoms with Crippen LogP contribution in [0.2, 0.25) is 0 Å². The maximum Gasteiger partial charge on any atom is 0.197 e. The lowest BCUT2D eigenvalue weighted by atomic mass is 10.3. The van der Waals surface area contributed by atoms with Crippen molar-refractivity contribution in [2.24, 2.45) is 0 Å². The number of aromatic nitrogens is 6. The summed E-state index contributed by atoms with van der Waals surface area (Å²) in [5.41, 5.74) is 2.12. The van der Waals surface area contributed by atoms with Gasteiger partial charge in [-0.2, -0.15) is 0 Å². The Hall–Kier alpha value is -3.15. The van der Waals surface area contributed by atoms with Crippen molar-refractivity contribution < 1.29 is 0 Å². The molecule has 102 valence electrons. The lowest BCUT2D eigenvalue weighted by Crippen LogP contribution is -1.91. The van der Waals surface area contributed by atoms with Crippen molar-refractivity contribution in [1.29, 1.82) is 0 Å². The molecule has 0 aliphatic heterocycles. The lowest BCUT2D eigenvalue weighted by molar-refractivity contribution is 1.08. The average molecular weight is 276 g/mol. The van der Waals surface area contributed by atoms with Crippen LogP contribution in [0.3, 0.4) is 0 Å². The SMILES string of the molecule is c1ccc2[nH]cnc2c1.c1cnc(-c2ncccn2)nc1. The normalized spacial score (nSPS) is 9.90. The second kappa shape index (κ2) is 6.33. The summed E-state index contributed by atoms with van der Waals surface area (Å²) in [6, 6.07) is 11.5. The zero-order valence-corrected chi connectivity index (χ0v) is 11.1. The molecule has 1 N–H and O–H groups in total. The molecular formula is C15H12N6. The van der Waals surface area contributed by atoms with Gasteiger partial charge in [0.25, 0.3) is 0 Å². The van der Waals surface area contributed by atoms with Crippen LogP contribution in [-0.4, -0.2) is 29.9 Å². The van der Waals surface area contributed by atoms with Crippen LogP contribution in [0.25, 0.3) is 22.7 Å². The number of benzene rings is 1. The molecule has 21 heavy (non-hydrogen) atoms. The number of nitrogens with one attached hydrogen (secondary N) is 1. The second-order valence-corrected chi connectivity index (χ2v) is 4.06. The molecular weight excluding hydrogens is 264 g/mol. The van der Waals surface area contributed by atoms with E-state index in [1.165, 1.54) is 0 Å². The van der Waals surface area contributed by atoms with Gasteiger partial charge >= 0.3 is 0 Å². The van der Waals surface area contributed by atoms with Crippen LogP contribution in [0, 0.1) is 0 Å². The lowest BCUT2D eigenvalue weighted by Gasteiger charge is -1.93. The van der Waals surface area contributed by atoms with E-state index < -0.39 is 0 Å². The number of aromatic amines is 1. The highest BCUT2D eigenvalue weighted by molar-refractivity contribution is 5.73. The molecule has 3 heterocycles. The van der Waals surface area contributed by atoms with Crippen molar-refractivity contribution in [1.82, 2.24) is 29.9 Å². The third-order valence-corrected chi connectivity index (χ3v) is 2.66. The van der Waals surface area contributed by atoms with Crippen LogP contribution in [0.1, 0.15) is 0 Å². The van der Waals surface area contributed by atoms with E-state index in [0.29, 0.717) is 11.6 Å². The molecule has 4 aromatic rings. The van der Waals surface area contributed by atoms with Crippen molar-refractivity contribution in [3.05, 3.63) is 67.5 Å². The van der Waals surface area contributed by atoms with Gasteiger partial charge in [-0.1, -0.05) is 12.1 Å². The number of fused-ring (bicyclic) bond motifs is 1. The zero-order chi connectivity index (χ0) is 14.3. The Morgan fingerprint density at radius 1 is 0.619 bits per heavy atom. The zero-order valence-electron chi connectivity index (χ0n) is 11.1. The minimum Gasteiger partial charge on any atom is -0.345 e. The second-order valence-electron chi connectivity index (χ2n) is 4.06. The molecule has 6 heteroatoms. The predicted octanol–water partition coefficient (Wildman–Crippen LogP) is 2.50. The molecule has 0 unspecified atom stereocenters. The molecule has 1 aromatic carbocycles. The third kappa shape index (κ3) is 3.24. The van der Waals surface area contributed by atoms with E-state index >= 15 is 0 Å². The van der Waals surface area contributed by atoms with Crippen LogP contribution in [0.4, 0.5) is 0 Å². The summed E-state index contributed by atoms with van der Waals surface area (Å²) < 4.78 is 0. The average Bonchev–Trinajstić information content (AvgIpc) is 3.06. The highest BCUT2D eigenvalue weighted by Crippen LogP contribution is 2.05. The Balaban J connectivity index is 0.000000131.